The number of fused-ring (bicyclic) bond motifs is 1. The summed E-state index contributed by atoms with van der Waals surface area (Å²) in [5, 5.41) is 0. The minimum absolute atomic E-state index is 0.0674. The van der Waals surface area contributed by atoms with E-state index < -0.39 is 6.10 Å². The molecule has 0 amide bonds. The van der Waals surface area contributed by atoms with Gasteiger partial charge < -0.3 is 18.9 Å². The highest BCUT2D eigenvalue weighted by Gasteiger charge is 2.23. The van der Waals surface area contributed by atoms with Crippen molar-refractivity contribution < 1.29 is 23.7 Å². The van der Waals surface area contributed by atoms with E-state index in [2.05, 4.69) is 33.9 Å². The van der Waals surface area contributed by atoms with Gasteiger partial charge in [0.1, 0.15) is 11.9 Å². The molecular formula is C29H38BrNO5. The van der Waals surface area contributed by atoms with Crippen LogP contribution in [0, 0.1) is 5.92 Å². The molecule has 6 nitrogen and oxygen atoms in total. The van der Waals surface area contributed by atoms with E-state index in [1.165, 1.54) is 18.4 Å². The molecule has 0 spiro atoms. The Bertz CT molecular complexity index is 1040. The van der Waals surface area contributed by atoms with Gasteiger partial charge in [0.2, 0.25) is 0 Å². The number of Topliss-reactive ketones (excluding diaryl/α,β-unsaturated/α-hetero) is 1. The summed E-state index contributed by atoms with van der Waals surface area (Å²) in [6, 6.07) is 9.93. The molecule has 1 aliphatic heterocycles. The number of methoxy groups -OCH3 is 2. The Kier molecular flexibility index (Phi) is 11.3. The van der Waals surface area contributed by atoms with Crippen LogP contribution in [-0.2, 0) is 16.0 Å². The second-order valence-electron chi connectivity index (χ2n) is 9.00. The normalized spacial score (nSPS) is 16.5. The lowest BCUT2D eigenvalue weighted by molar-refractivity contribution is -0.130. The van der Waals surface area contributed by atoms with Crippen LogP contribution in [-0.4, -0.2) is 46.0 Å². The molecule has 2 aromatic rings. The standard InChI is InChI=1S/C29H38BrNO5/c1-5-20-9-10-22-11-12-23(18-26(22)36-15-13-20)28(35-6-2)25(32)8-7-14-31-19-21-16-24(30)29(34-4)27(17-21)33-3/h11-12,16-20,28H,5-10,13-15H2,1-4H3. The molecule has 0 fully saturated rings. The van der Waals surface area contributed by atoms with E-state index in [9.17, 15) is 4.79 Å². The van der Waals surface area contributed by atoms with Crippen molar-refractivity contribution in [2.24, 2.45) is 10.9 Å². The number of hydrogen-bond acceptors (Lipinski definition) is 6. The van der Waals surface area contributed by atoms with Crippen molar-refractivity contribution in [3.05, 3.63) is 51.5 Å². The molecular weight excluding hydrogens is 522 g/mol. The number of carbonyl (C=O) groups is 1. The number of nitrogens with zero attached hydrogens (tertiary/aromatic N) is 1. The Labute approximate surface area is 223 Å². The van der Waals surface area contributed by atoms with E-state index in [-0.39, 0.29) is 5.78 Å². The van der Waals surface area contributed by atoms with E-state index in [4.69, 9.17) is 18.9 Å². The molecule has 1 aliphatic rings. The summed E-state index contributed by atoms with van der Waals surface area (Å²) in [5.41, 5.74) is 2.98. The van der Waals surface area contributed by atoms with Crippen LogP contribution >= 0.6 is 15.9 Å². The third kappa shape index (κ3) is 7.56. The summed E-state index contributed by atoms with van der Waals surface area (Å²) in [6.07, 6.45) is 6.70. The number of aliphatic imine (C=N–C) groups is 1. The van der Waals surface area contributed by atoms with E-state index in [1.807, 2.05) is 31.2 Å². The molecule has 2 aromatic carbocycles. The molecule has 0 radical (unpaired) electrons. The van der Waals surface area contributed by atoms with Crippen LogP contribution in [0.1, 0.15) is 68.7 Å². The largest absolute Gasteiger partial charge is 0.493 e. The monoisotopic (exact) mass is 559 g/mol. The molecule has 2 unspecified atom stereocenters. The minimum Gasteiger partial charge on any atom is -0.493 e. The first-order valence-corrected chi connectivity index (χ1v) is 13.6. The molecule has 0 aliphatic carbocycles. The number of aryl methyl sites for hydroxylation is 1. The molecule has 2 atom stereocenters. The lowest BCUT2D eigenvalue weighted by Crippen LogP contribution is -2.17. The van der Waals surface area contributed by atoms with Gasteiger partial charge in [0.15, 0.2) is 17.3 Å². The minimum atomic E-state index is -0.580. The number of benzene rings is 2. The second kappa shape index (κ2) is 14.4. The van der Waals surface area contributed by atoms with Crippen LogP contribution in [0.2, 0.25) is 0 Å². The highest BCUT2D eigenvalue weighted by atomic mass is 79.9. The van der Waals surface area contributed by atoms with Crippen molar-refractivity contribution in [3.63, 3.8) is 0 Å². The second-order valence-corrected chi connectivity index (χ2v) is 9.85. The molecule has 0 bridgehead atoms. The third-order valence-corrected chi connectivity index (χ3v) is 7.20. The molecule has 36 heavy (non-hydrogen) atoms. The van der Waals surface area contributed by atoms with Gasteiger partial charge in [-0.15, -0.1) is 0 Å². The molecule has 196 valence electrons. The Morgan fingerprint density at radius 3 is 2.75 bits per heavy atom. The van der Waals surface area contributed by atoms with Crippen LogP contribution in [0.15, 0.2) is 39.8 Å². The van der Waals surface area contributed by atoms with Gasteiger partial charge >= 0.3 is 0 Å². The van der Waals surface area contributed by atoms with Crippen molar-refractivity contribution in [2.45, 2.75) is 58.5 Å². The Hall–Kier alpha value is -2.38. The fraction of sp³-hybridized carbons (Fsp3) is 0.517. The van der Waals surface area contributed by atoms with Crippen molar-refractivity contribution in [3.8, 4) is 17.2 Å². The van der Waals surface area contributed by atoms with Crippen LogP contribution in [0.3, 0.4) is 0 Å². The summed E-state index contributed by atoms with van der Waals surface area (Å²) >= 11 is 3.50. The predicted molar refractivity (Wildman–Crippen MR) is 147 cm³/mol. The predicted octanol–water partition coefficient (Wildman–Crippen LogP) is 6.75. The lowest BCUT2D eigenvalue weighted by Gasteiger charge is -2.23. The number of rotatable bonds is 12. The zero-order chi connectivity index (χ0) is 25.9. The molecule has 0 aromatic heterocycles. The van der Waals surface area contributed by atoms with Crippen molar-refractivity contribution in [2.75, 3.05) is 34.0 Å². The fourth-order valence-corrected chi connectivity index (χ4v) is 5.14. The number of hydrogen-bond donors (Lipinski definition) is 0. The van der Waals surface area contributed by atoms with Gasteiger partial charge in [-0.25, -0.2) is 0 Å². The summed E-state index contributed by atoms with van der Waals surface area (Å²) in [7, 11) is 3.20. The van der Waals surface area contributed by atoms with Gasteiger partial charge in [-0.2, -0.15) is 0 Å². The first-order valence-electron chi connectivity index (χ1n) is 12.8. The average molecular weight is 561 g/mol. The van der Waals surface area contributed by atoms with Gasteiger partial charge in [0.05, 0.1) is 25.3 Å². The maximum atomic E-state index is 13.1. The smallest absolute Gasteiger partial charge is 0.174 e. The maximum Gasteiger partial charge on any atom is 0.174 e. The van der Waals surface area contributed by atoms with Crippen LogP contribution in [0.4, 0.5) is 0 Å². The summed E-state index contributed by atoms with van der Waals surface area (Å²) < 4.78 is 23.5. The molecule has 0 saturated carbocycles. The van der Waals surface area contributed by atoms with E-state index >= 15 is 0 Å². The SMILES string of the molecule is CCOC(C(=O)CCCN=Cc1cc(Br)c(OC)c(OC)c1)c1ccc2c(c1)OCCC(CC)CC2. The van der Waals surface area contributed by atoms with E-state index in [0.29, 0.717) is 43.4 Å². The zero-order valence-electron chi connectivity index (χ0n) is 21.8. The van der Waals surface area contributed by atoms with Crippen molar-refractivity contribution in [1.29, 1.82) is 0 Å². The van der Waals surface area contributed by atoms with Gasteiger partial charge in [0, 0.05) is 25.8 Å². The van der Waals surface area contributed by atoms with Gasteiger partial charge in [-0.05, 0) is 89.3 Å². The summed E-state index contributed by atoms with van der Waals surface area (Å²) in [4.78, 5) is 17.6. The fourth-order valence-electron chi connectivity index (χ4n) is 4.52. The topological polar surface area (TPSA) is 66.4 Å². The lowest BCUT2D eigenvalue weighted by atomic mass is 9.92. The van der Waals surface area contributed by atoms with Crippen molar-refractivity contribution in [1.82, 2.24) is 0 Å². The first-order chi connectivity index (χ1) is 17.5. The molecule has 0 N–H and O–H groups in total. The average Bonchev–Trinajstić information content (AvgIpc) is 2.87. The van der Waals surface area contributed by atoms with Gasteiger partial charge in [-0.3, -0.25) is 9.79 Å². The molecule has 7 heteroatoms. The molecule has 0 saturated heterocycles. The van der Waals surface area contributed by atoms with Crippen LogP contribution in [0.5, 0.6) is 17.2 Å². The molecule has 1 heterocycles. The maximum absolute atomic E-state index is 13.1. The number of carbonyl (C=O) groups excluding carboxylic acids is 1. The van der Waals surface area contributed by atoms with Crippen LogP contribution < -0.4 is 14.2 Å². The van der Waals surface area contributed by atoms with Gasteiger partial charge in [-0.1, -0.05) is 25.5 Å². The van der Waals surface area contributed by atoms with E-state index in [0.717, 1.165) is 40.8 Å². The number of halogens is 1. The highest BCUT2D eigenvalue weighted by Crippen LogP contribution is 2.36. The first kappa shape index (κ1) is 28.2. The number of ether oxygens (including phenoxy) is 4. The zero-order valence-corrected chi connectivity index (χ0v) is 23.4. The highest BCUT2D eigenvalue weighted by molar-refractivity contribution is 9.10. The Morgan fingerprint density at radius 1 is 1.19 bits per heavy atom. The van der Waals surface area contributed by atoms with Crippen molar-refractivity contribution >= 4 is 27.9 Å². The summed E-state index contributed by atoms with van der Waals surface area (Å²) in [6.45, 7) is 5.90. The Balaban J connectivity index is 1.60. The molecule has 3 rings (SSSR count). The number of ketones is 1. The third-order valence-electron chi connectivity index (χ3n) is 6.61. The Morgan fingerprint density at radius 2 is 2.03 bits per heavy atom. The summed E-state index contributed by atoms with van der Waals surface area (Å²) in [5.74, 6) is 2.95. The van der Waals surface area contributed by atoms with E-state index in [1.54, 1.807) is 20.4 Å². The van der Waals surface area contributed by atoms with Gasteiger partial charge in [0.25, 0.3) is 0 Å². The van der Waals surface area contributed by atoms with Crippen LogP contribution in [0.25, 0.3) is 0 Å². The quantitative estimate of drug-likeness (QED) is 0.212.